The molecule has 0 radical (unpaired) electrons. The van der Waals surface area contributed by atoms with Crippen LogP contribution in [0.4, 0.5) is 5.69 Å². The first-order valence-electron chi connectivity index (χ1n) is 7.79. The molecule has 2 aliphatic carbocycles. The number of ether oxygens (including phenoxy) is 1. The number of methoxy groups -OCH3 is 1. The monoisotopic (exact) mass is 275 g/mol. The average Bonchev–Trinajstić information content (AvgIpc) is 3.32. The van der Waals surface area contributed by atoms with Gasteiger partial charge < -0.3 is 14.7 Å². The maximum Gasteiger partial charge on any atom is 0.126 e. The van der Waals surface area contributed by atoms with Gasteiger partial charge in [0.05, 0.1) is 13.2 Å². The lowest BCUT2D eigenvalue weighted by Gasteiger charge is -2.29. The Bertz CT molecular complexity index is 450. The molecule has 110 valence electrons. The van der Waals surface area contributed by atoms with Gasteiger partial charge in [0.15, 0.2) is 0 Å². The summed E-state index contributed by atoms with van der Waals surface area (Å²) in [5.74, 6) is 2.50. The van der Waals surface area contributed by atoms with E-state index in [0.717, 1.165) is 41.9 Å². The fourth-order valence-electron chi connectivity index (χ4n) is 2.90. The summed E-state index contributed by atoms with van der Waals surface area (Å²) in [5.41, 5.74) is 2.11. The van der Waals surface area contributed by atoms with Crippen LogP contribution in [0.5, 0.6) is 5.75 Å². The summed E-state index contributed by atoms with van der Waals surface area (Å²) in [5, 5.41) is 10.2. The summed E-state index contributed by atoms with van der Waals surface area (Å²) in [4.78, 5) is 2.49. The van der Waals surface area contributed by atoms with Crippen LogP contribution in [0.2, 0.25) is 0 Å². The lowest BCUT2D eigenvalue weighted by Crippen LogP contribution is -2.29. The topological polar surface area (TPSA) is 32.7 Å². The number of benzene rings is 1. The van der Waals surface area contributed by atoms with Crippen LogP contribution >= 0.6 is 0 Å². The van der Waals surface area contributed by atoms with E-state index in [-0.39, 0.29) is 0 Å². The van der Waals surface area contributed by atoms with Gasteiger partial charge in [-0.3, -0.25) is 0 Å². The van der Waals surface area contributed by atoms with Crippen molar-refractivity contribution in [2.75, 3.05) is 25.1 Å². The highest BCUT2D eigenvalue weighted by Gasteiger charge is 2.31. The highest BCUT2D eigenvalue weighted by atomic mass is 16.5. The van der Waals surface area contributed by atoms with Crippen LogP contribution < -0.4 is 9.64 Å². The first kappa shape index (κ1) is 13.7. The van der Waals surface area contributed by atoms with Crippen LogP contribution in [0.25, 0.3) is 0 Å². The molecule has 0 saturated heterocycles. The summed E-state index contributed by atoms with van der Waals surface area (Å²) in [6.07, 6.45) is 4.93. The van der Waals surface area contributed by atoms with Gasteiger partial charge >= 0.3 is 0 Å². The SMILES string of the molecule is COc1cccc(N(CC2CC2)CC2CC2)c1[C@H](C)O. The third kappa shape index (κ3) is 3.09. The molecule has 3 rings (SSSR count). The molecule has 0 bridgehead atoms. The van der Waals surface area contributed by atoms with Gasteiger partial charge in [0.1, 0.15) is 5.75 Å². The maximum absolute atomic E-state index is 10.2. The van der Waals surface area contributed by atoms with Crippen molar-refractivity contribution in [3.8, 4) is 5.75 Å². The lowest BCUT2D eigenvalue weighted by molar-refractivity contribution is 0.194. The van der Waals surface area contributed by atoms with Crippen LogP contribution in [0.1, 0.15) is 44.3 Å². The van der Waals surface area contributed by atoms with Crippen molar-refractivity contribution in [1.29, 1.82) is 0 Å². The van der Waals surface area contributed by atoms with Gasteiger partial charge in [-0.1, -0.05) is 6.07 Å². The Kier molecular flexibility index (Phi) is 3.88. The summed E-state index contributed by atoms with van der Waals surface area (Å²) in [7, 11) is 1.68. The van der Waals surface area contributed by atoms with Crippen LogP contribution in [0, 0.1) is 11.8 Å². The molecular weight excluding hydrogens is 250 g/mol. The summed E-state index contributed by atoms with van der Waals surface area (Å²) in [6.45, 7) is 4.08. The Morgan fingerprint density at radius 3 is 2.25 bits per heavy atom. The van der Waals surface area contributed by atoms with E-state index in [2.05, 4.69) is 11.0 Å². The molecule has 0 aromatic heterocycles. The predicted molar refractivity (Wildman–Crippen MR) is 81.3 cm³/mol. The first-order valence-corrected chi connectivity index (χ1v) is 7.79. The minimum absolute atomic E-state index is 0.498. The molecule has 3 nitrogen and oxygen atoms in total. The molecule has 1 aromatic rings. The van der Waals surface area contributed by atoms with Crippen molar-refractivity contribution in [2.45, 2.75) is 38.7 Å². The van der Waals surface area contributed by atoms with Crippen molar-refractivity contribution in [3.63, 3.8) is 0 Å². The molecule has 0 amide bonds. The normalized spacial score (nSPS) is 19.8. The van der Waals surface area contributed by atoms with E-state index in [1.54, 1.807) is 7.11 Å². The second-order valence-corrected chi connectivity index (χ2v) is 6.36. The second-order valence-electron chi connectivity index (χ2n) is 6.36. The highest BCUT2D eigenvalue weighted by Crippen LogP contribution is 2.40. The Labute approximate surface area is 121 Å². The molecule has 3 heteroatoms. The van der Waals surface area contributed by atoms with Crippen LogP contribution in [-0.2, 0) is 0 Å². The number of anilines is 1. The largest absolute Gasteiger partial charge is 0.496 e. The van der Waals surface area contributed by atoms with E-state index in [9.17, 15) is 5.11 Å². The standard InChI is InChI=1S/C17H25NO2/c1-12(19)17-15(4-3-5-16(17)20-2)18(10-13-6-7-13)11-14-8-9-14/h3-5,12-14,19H,6-11H2,1-2H3/t12-/m0/s1. The van der Waals surface area contributed by atoms with Gasteiger partial charge in [0.25, 0.3) is 0 Å². The van der Waals surface area contributed by atoms with Crippen molar-refractivity contribution in [2.24, 2.45) is 11.8 Å². The molecule has 2 fully saturated rings. The summed E-state index contributed by atoms with van der Waals surface area (Å²) < 4.78 is 5.45. The molecule has 0 spiro atoms. The Balaban J connectivity index is 1.90. The predicted octanol–water partition coefficient (Wildman–Crippen LogP) is 3.37. The van der Waals surface area contributed by atoms with Crippen LogP contribution in [0.3, 0.4) is 0 Å². The smallest absolute Gasteiger partial charge is 0.126 e. The number of hydrogen-bond donors (Lipinski definition) is 1. The fourth-order valence-corrected chi connectivity index (χ4v) is 2.90. The fraction of sp³-hybridized carbons (Fsp3) is 0.647. The van der Waals surface area contributed by atoms with Gasteiger partial charge in [0, 0.05) is 24.3 Å². The summed E-state index contributed by atoms with van der Waals surface area (Å²) >= 11 is 0. The van der Waals surface area contributed by atoms with Gasteiger partial charge in [-0.25, -0.2) is 0 Å². The first-order chi connectivity index (χ1) is 9.69. The zero-order chi connectivity index (χ0) is 14.1. The van der Waals surface area contributed by atoms with Gasteiger partial charge in [0.2, 0.25) is 0 Å². The Morgan fingerprint density at radius 2 is 1.80 bits per heavy atom. The van der Waals surface area contributed by atoms with Crippen LogP contribution in [-0.4, -0.2) is 25.3 Å². The maximum atomic E-state index is 10.2. The number of aliphatic hydroxyl groups excluding tert-OH is 1. The van der Waals surface area contributed by atoms with Gasteiger partial charge in [-0.2, -0.15) is 0 Å². The number of nitrogens with zero attached hydrogens (tertiary/aromatic N) is 1. The van der Waals surface area contributed by atoms with E-state index in [4.69, 9.17) is 4.74 Å². The summed E-state index contributed by atoms with van der Waals surface area (Å²) in [6, 6.07) is 6.11. The zero-order valence-corrected chi connectivity index (χ0v) is 12.5. The molecule has 0 heterocycles. The van der Waals surface area contributed by atoms with Crippen molar-refractivity contribution >= 4 is 5.69 Å². The average molecular weight is 275 g/mol. The van der Waals surface area contributed by atoms with Gasteiger partial charge in [-0.15, -0.1) is 0 Å². The van der Waals surface area contributed by atoms with Crippen molar-refractivity contribution in [1.82, 2.24) is 0 Å². The van der Waals surface area contributed by atoms with E-state index in [1.807, 2.05) is 19.1 Å². The zero-order valence-electron chi connectivity index (χ0n) is 12.5. The minimum Gasteiger partial charge on any atom is -0.496 e. The molecular formula is C17H25NO2. The molecule has 1 atom stereocenters. The van der Waals surface area contributed by atoms with Gasteiger partial charge in [-0.05, 0) is 56.6 Å². The lowest BCUT2D eigenvalue weighted by atomic mass is 10.0. The second kappa shape index (κ2) is 5.65. The number of hydrogen-bond acceptors (Lipinski definition) is 3. The minimum atomic E-state index is -0.498. The molecule has 2 aliphatic rings. The van der Waals surface area contributed by atoms with E-state index < -0.39 is 6.10 Å². The molecule has 0 aliphatic heterocycles. The van der Waals surface area contributed by atoms with E-state index >= 15 is 0 Å². The third-order valence-electron chi connectivity index (χ3n) is 4.37. The molecule has 1 N–H and O–H groups in total. The van der Waals surface area contributed by atoms with E-state index in [0.29, 0.717) is 0 Å². The number of aliphatic hydroxyl groups is 1. The quantitative estimate of drug-likeness (QED) is 0.828. The third-order valence-corrected chi connectivity index (χ3v) is 4.37. The van der Waals surface area contributed by atoms with Crippen molar-refractivity contribution < 1.29 is 9.84 Å². The molecule has 0 unspecified atom stereocenters. The Morgan fingerprint density at radius 1 is 1.20 bits per heavy atom. The molecule has 20 heavy (non-hydrogen) atoms. The van der Waals surface area contributed by atoms with Crippen LogP contribution in [0.15, 0.2) is 18.2 Å². The van der Waals surface area contributed by atoms with E-state index in [1.165, 1.54) is 25.7 Å². The molecule has 2 saturated carbocycles. The number of rotatable bonds is 7. The van der Waals surface area contributed by atoms with Crippen molar-refractivity contribution in [3.05, 3.63) is 23.8 Å². The highest BCUT2D eigenvalue weighted by molar-refractivity contribution is 5.60. The Hall–Kier alpha value is -1.22. The molecule has 1 aromatic carbocycles.